The van der Waals surface area contributed by atoms with Gasteiger partial charge in [-0.05, 0) is 31.0 Å². The maximum atomic E-state index is 11.6. The predicted octanol–water partition coefficient (Wildman–Crippen LogP) is 3.79. The van der Waals surface area contributed by atoms with Gasteiger partial charge in [-0.15, -0.1) is 11.3 Å². The largest absolute Gasteiger partial charge is 0.486 e. The third kappa shape index (κ3) is 4.84. The standard InChI is InChI=1S/C17H22N2O2S/c1-4-8-19(14(3)20)10-15-12-22-17(18-15)11-21-16-7-5-6-13(2)9-16/h5-7,9,12H,4,8,10-11H2,1-3H3. The van der Waals surface area contributed by atoms with E-state index in [1.165, 1.54) is 5.56 Å². The third-order valence-electron chi connectivity index (χ3n) is 3.24. The summed E-state index contributed by atoms with van der Waals surface area (Å²) in [5.74, 6) is 0.945. The van der Waals surface area contributed by atoms with Crippen molar-refractivity contribution in [2.75, 3.05) is 6.54 Å². The van der Waals surface area contributed by atoms with E-state index >= 15 is 0 Å². The highest BCUT2D eigenvalue weighted by Crippen LogP contribution is 2.17. The predicted molar refractivity (Wildman–Crippen MR) is 89.0 cm³/mol. The summed E-state index contributed by atoms with van der Waals surface area (Å²) in [4.78, 5) is 17.9. The highest BCUT2D eigenvalue weighted by molar-refractivity contribution is 7.09. The van der Waals surface area contributed by atoms with Gasteiger partial charge in [0.1, 0.15) is 17.4 Å². The fourth-order valence-electron chi connectivity index (χ4n) is 2.15. The Labute approximate surface area is 135 Å². The molecule has 0 N–H and O–H groups in total. The summed E-state index contributed by atoms with van der Waals surface area (Å²) in [6, 6.07) is 7.97. The van der Waals surface area contributed by atoms with Gasteiger partial charge in [0.05, 0.1) is 12.2 Å². The van der Waals surface area contributed by atoms with Crippen LogP contribution in [0, 0.1) is 6.92 Å². The van der Waals surface area contributed by atoms with E-state index in [0.29, 0.717) is 13.2 Å². The van der Waals surface area contributed by atoms with E-state index in [1.807, 2.05) is 41.5 Å². The van der Waals surface area contributed by atoms with Crippen molar-refractivity contribution in [3.8, 4) is 5.75 Å². The number of carbonyl (C=O) groups is 1. The first-order chi connectivity index (χ1) is 10.6. The summed E-state index contributed by atoms with van der Waals surface area (Å²) in [5, 5.41) is 2.93. The lowest BCUT2D eigenvalue weighted by atomic mass is 10.2. The Kier molecular flexibility index (Phi) is 5.95. The highest BCUT2D eigenvalue weighted by Gasteiger charge is 2.11. The van der Waals surface area contributed by atoms with Crippen molar-refractivity contribution in [3.05, 3.63) is 45.9 Å². The fraction of sp³-hybridized carbons (Fsp3) is 0.412. The molecule has 0 saturated heterocycles. The number of amides is 1. The monoisotopic (exact) mass is 318 g/mol. The van der Waals surface area contributed by atoms with Gasteiger partial charge >= 0.3 is 0 Å². The van der Waals surface area contributed by atoms with E-state index in [4.69, 9.17) is 4.74 Å². The third-order valence-corrected chi connectivity index (χ3v) is 4.11. The number of thiazole rings is 1. The molecule has 2 rings (SSSR count). The lowest BCUT2D eigenvalue weighted by molar-refractivity contribution is -0.129. The number of aryl methyl sites for hydroxylation is 1. The zero-order chi connectivity index (χ0) is 15.9. The Hall–Kier alpha value is -1.88. The van der Waals surface area contributed by atoms with E-state index in [9.17, 15) is 4.79 Å². The molecule has 2 aromatic rings. The average molecular weight is 318 g/mol. The van der Waals surface area contributed by atoms with Crippen LogP contribution in [-0.4, -0.2) is 22.3 Å². The minimum Gasteiger partial charge on any atom is -0.486 e. The molecule has 0 aliphatic rings. The van der Waals surface area contributed by atoms with Crippen molar-refractivity contribution in [2.24, 2.45) is 0 Å². The van der Waals surface area contributed by atoms with E-state index in [2.05, 4.69) is 11.9 Å². The molecule has 0 unspecified atom stereocenters. The van der Waals surface area contributed by atoms with Crippen molar-refractivity contribution < 1.29 is 9.53 Å². The zero-order valence-corrected chi connectivity index (χ0v) is 14.2. The van der Waals surface area contributed by atoms with Gasteiger partial charge < -0.3 is 9.64 Å². The van der Waals surface area contributed by atoms with Crippen LogP contribution in [0.4, 0.5) is 0 Å². The maximum Gasteiger partial charge on any atom is 0.219 e. The second-order valence-electron chi connectivity index (χ2n) is 5.28. The number of hydrogen-bond donors (Lipinski definition) is 0. The first-order valence-electron chi connectivity index (χ1n) is 7.46. The number of rotatable bonds is 7. The first kappa shape index (κ1) is 16.5. The van der Waals surface area contributed by atoms with Crippen molar-refractivity contribution in [3.63, 3.8) is 0 Å². The van der Waals surface area contributed by atoms with Crippen LogP contribution in [0.2, 0.25) is 0 Å². The summed E-state index contributed by atoms with van der Waals surface area (Å²) in [6.07, 6.45) is 0.951. The Bertz CT molecular complexity index is 625. The van der Waals surface area contributed by atoms with Gasteiger partial charge in [-0.3, -0.25) is 4.79 Å². The highest BCUT2D eigenvalue weighted by atomic mass is 32.1. The second kappa shape index (κ2) is 7.94. The van der Waals surface area contributed by atoms with E-state index < -0.39 is 0 Å². The number of benzene rings is 1. The van der Waals surface area contributed by atoms with Crippen molar-refractivity contribution >= 4 is 17.2 Å². The number of ether oxygens (including phenoxy) is 1. The summed E-state index contributed by atoms with van der Waals surface area (Å²) < 4.78 is 5.75. The van der Waals surface area contributed by atoms with E-state index in [0.717, 1.165) is 29.4 Å². The van der Waals surface area contributed by atoms with Gasteiger partial charge in [0.15, 0.2) is 0 Å². The summed E-state index contributed by atoms with van der Waals surface area (Å²) in [7, 11) is 0. The molecule has 5 heteroatoms. The number of hydrogen-bond acceptors (Lipinski definition) is 4. The lowest BCUT2D eigenvalue weighted by Gasteiger charge is -2.18. The lowest BCUT2D eigenvalue weighted by Crippen LogP contribution is -2.29. The van der Waals surface area contributed by atoms with Gasteiger partial charge in [0.25, 0.3) is 0 Å². The number of nitrogens with zero attached hydrogens (tertiary/aromatic N) is 2. The molecular weight excluding hydrogens is 296 g/mol. The Morgan fingerprint density at radius 2 is 2.23 bits per heavy atom. The Morgan fingerprint density at radius 1 is 1.41 bits per heavy atom. The minimum absolute atomic E-state index is 0.0902. The molecule has 0 fully saturated rings. The number of aromatic nitrogens is 1. The topological polar surface area (TPSA) is 42.4 Å². The van der Waals surface area contributed by atoms with Gasteiger partial charge in [-0.2, -0.15) is 0 Å². The van der Waals surface area contributed by atoms with Crippen LogP contribution in [0.5, 0.6) is 5.75 Å². The van der Waals surface area contributed by atoms with Gasteiger partial charge in [0, 0.05) is 18.8 Å². The summed E-state index contributed by atoms with van der Waals surface area (Å²) in [5.41, 5.74) is 2.10. The van der Waals surface area contributed by atoms with Crippen LogP contribution in [0.25, 0.3) is 0 Å². The SMILES string of the molecule is CCCN(Cc1csc(COc2cccc(C)c2)n1)C(C)=O. The quantitative estimate of drug-likeness (QED) is 0.780. The van der Waals surface area contributed by atoms with Gasteiger partial charge in [-0.25, -0.2) is 4.98 Å². The molecule has 1 heterocycles. The molecule has 0 atom stereocenters. The van der Waals surface area contributed by atoms with Crippen LogP contribution in [0.3, 0.4) is 0 Å². The Morgan fingerprint density at radius 3 is 2.91 bits per heavy atom. The molecule has 0 saturated carbocycles. The normalized spacial score (nSPS) is 10.5. The first-order valence-corrected chi connectivity index (χ1v) is 8.34. The smallest absolute Gasteiger partial charge is 0.219 e. The van der Waals surface area contributed by atoms with Crippen LogP contribution < -0.4 is 4.74 Å². The molecule has 0 aliphatic heterocycles. The Balaban J connectivity index is 1.92. The summed E-state index contributed by atoms with van der Waals surface area (Å²) in [6.45, 7) is 7.51. The molecule has 0 radical (unpaired) electrons. The van der Waals surface area contributed by atoms with Crippen molar-refractivity contribution in [2.45, 2.75) is 40.3 Å². The molecule has 22 heavy (non-hydrogen) atoms. The summed E-state index contributed by atoms with van der Waals surface area (Å²) >= 11 is 1.57. The molecule has 0 aliphatic carbocycles. The molecule has 1 aromatic carbocycles. The van der Waals surface area contributed by atoms with Gasteiger partial charge in [-0.1, -0.05) is 19.1 Å². The molecular formula is C17H22N2O2S. The van der Waals surface area contributed by atoms with Gasteiger partial charge in [0.2, 0.25) is 5.91 Å². The molecule has 118 valence electrons. The molecule has 0 bridgehead atoms. The van der Waals surface area contributed by atoms with Crippen molar-refractivity contribution in [1.29, 1.82) is 0 Å². The molecule has 1 amide bonds. The van der Waals surface area contributed by atoms with E-state index in [-0.39, 0.29) is 5.91 Å². The van der Waals surface area contributed by atoms with Crippen LogP contribution in [-0.2, 0) is 17.9 Å². The molecule has 1 aromatic heterocycles. The van der Waals surface area contributed by atoms with Crippen LogP contribution in [0.15, 0.2) is 29.6 Å². The van der Waals surface area contributed by atoms with Crippen molar-refractivity contribution in [1.82, 2.24) is 9.88 Å². The number of carbonyl (C=O) groups excluding carboxylic acids is 1. The second-order valence-corrected chi connectivity index (χ2v) is 6.22. The average Bonchev–Trinajstić information content (AvgIpc) is 2.92. The molecule has 0 spiro atoms. The fourth-order valence-corrected chi connectivity index (χ4v) is 2.85. The zero-order valence-electron chi connectivity index (χ0n) is 13.3. The van der Waals surface area contributed by atoms with Crippen LogP contribution >= 0.6 is 11.3 Å². The van der Waals surface area contributed by atoms with E-state index in [1.54, 1.807) is 18.3 Å². The van der Waals surface area contributed by atoms with Crippen LogP contribution in [0.1, 0.15) is 36.5 Å². The maximum absolute atomic E-state index is 11.6. The molecule has 4 nitrogen and oxygen atoms in total. The minimum atomic E-state index is 0.0902.